The fraction of sp³-hybridized carbons (Fsp3) is 0.571. The van der Waals surface area contributed by atoms with E-state index in [2.05, 4.69) is 20.5 Å². The first-order chi connectivity index (χ1) is 6.22. The fourth-order valence-electron chi connectivity index (χ4n) is 0.876. The largest absolute Gasteiger partial charge is 0.369 e. The summed E-state index contributed by atoms with van der Waals surface area (Å²) in [6.07, 6.45) is 0.798. The molecule has 72 valence electrons. The molecule has 0 aromatic carbocycles. The molecule has 0 unspecified atom stereocenters. The number of aryl methyl sites for hydroxylation is 1. The zero-order valence-corrected chi connectivity index (χ0v) is 7.50. The minimum atomic E-state index is -0.379. The molecule has 0 saturated carbocycles. The molecule has 0 radical (unpaired) electrons. The number of hydrogen-bond acceptors (Lipinski definition) is 4. The van der Waals surface area contributed by atoms with E-state index in [0.717, 1.165) is 18.1 Å². The third kappa shape index (κ3) is 3.20. The van der Waals surface area contributed by atoms with Crippen molar-refractivity contribution in [2.45, 2.75) is 19.9 Å². The lowest BCUT2D eigenvalue weighted by atomic mass is 10.5. The van der Waals surface area contributed by atoms with Crippen LogP contribution in [-0.2, 0) is 17.8 Å². The van der Waals surface area contributed by atoms with Crippen molar-refractivity contribution in [2.24, 2.45) is 5.73 Å². The van der Waals surface area contributed by atoms with Crippen molar-refractivity contribution in [2.75, 3.05) is 6.54 Å². The number of carbonyl (C=O) groups is 1. The molecule has 1 amide bonds. The summed E-state index contributed by atoms with van der Waals surface area (Å²) in [6, 6.07) is 0. The van der Waals surface area contributed by atoms with Gasteiger partial charge in [0.2, 0.25) is 5.91 Å². The zero-order valence-electron chi connectivity index (χ0n) is 7.50. The van der Waals surface area contributed by atoms with E-state index in [9.17, 15) is 4.79 Å². The lowest BCUT2D eigenvalue weighted by Gasteiger charge is -1.96. The van der Waals surface area contributed by atoms with E-state index < -0.39 is 0 Å². The van der Waals surface area contributed by atoms with Crippen LogP contribution in [0, 0.1) is 0 Å². The highest BCUT2D eigenvalue weighted by Crippen LogP contribution is 1.91. The zero-order chi connectivity index (χ0) is 9.68. The molecule has 1 heterocycles. The summed E-state index contributed by atoms with van der Waals surface area (Å²) in [6.45, 7) is 2.61. The number of nitrogens with one attached hydrogen (secondary N) is 2. The Morgan fingerprint density at radius 3 is 3.00 bits per heavy atom. The maximum Gasteiger partial charge on any atom is 0.231 e. The monoisotopic (exact) mass is 183 g/mol. The number of rotatable bonds is 5. The van der Waals surface area contributed by atoms with Crippen LogP contribution in [0.1, 0.15) is 18.6 Å². The van der Waals surface area contributed by atoms with E-state index in [4.69, 9.17) is 5.73 Å². The maximum atomic E-state index is 10.4. The van der Waals surface area contributed by atoms with Crippen molar-refractivity contribution < 1.29 is 4.79 Å². The number of carbonyl (C=O) groups excluding carboxylic acids is 1. The van der Waals surface area contributed by atoms with Gasteiger partial charge in [0, 0.05) is 6.42 Å². The average molecular weight is 183 g/mol. The normalized spacial score (nSPS) is 10.2. The maximum absolute atomic E-state index is 10.4. The molecule has 0 fully saturated rings. The standard InChI is InChI=1S/C7H13N5O/c1-2-6-10-7(12-11-6)4-9-3-5(8)13/h9H,2-4H2,1H3,(H2,8,13)(H,10,11,12). The molecule has 0 saturated heterocycles. The van der Waals surface area contributed by atoms with Crippen molar-refractivity contribution in [1.82, 2.24) is 20.5 Å². The molecule has 0 aliphatic heterocycles. The molecule has 0 atom stereocenters. The lowest BCUT2D eigenvalue weighted by Crippen LogP contribution is -2.28. The first kappa shape index (κ1) is 9.66. The Morgan fingerprint density at radius 1 is 1.69 bits per heavy atom. The van der Waals surface area contributed by atoms with Gasteiger partial charge in [-0.05, 0) is 0 Å². The van der Waals surface area contributed by atoms with Crippen molar-refractivity contribution >= 4 is 5.91 Å². The van der Waals surface area contributed by atoms with E-state index in [1.54, 1.807) is 0 Å². The van der Waals surface area contributed by atoms with E-state index in [0.29, 0.717) is 6.54 Å². The van der Waals surface area contributed by atoms with Crippen LogP contribution >= 0.6 is 0 Å². The van der Waals surface area contributed by atoms with Crippen LogP contribution in [-0.4, -0.2) is 27.6 Å². The number of hydrogen-bond donors (Lipinski definition) is 3. The van der Waals surface area contributed by atoms with Gasteiger partial charge in [0.1, 0.15) is 11.6 Å². The van der Waals surface area contributed by atoms with E-state index >= 15 is 0 Å². The quantitative estimate of drug-likeness (QED) is 0.542. The van der Waals surface area contributed by atoms with Gasteiger partial charge < -0.3 is 11.1 Å². The Morgan fingerprint density at radius 2 is 2.46 bits per heavy atom. The molecule has 1 aromatic heterocycles. The molecule has 1 rings (SSSR count). The van der Waals surface area contributed by atoms with Gasteiger partial charge in [0.15, 0.2) is 0 Å². The Kier molecular flexibility index (Phi) is 3.39. The van der Waals surface area contributed by atoms with Gasteiger partial charge in [-0.15, -0.1) is 0 Å². The van der Waals surface area contributed by atoms with Crippen molar-refractivity contribution in [3.63, 3.8) is 0 Å². The summed E-state index contributed by atoms with van der Waals surface area (Å²) < 4.78 is 0. The predicted octanol–water partition coefficient (Wildman–Crippen LogP) is -1.06. The average Bonchev–Trinajstić information content (AvgIpc) is 2.52. The van der Waals surface area contributed by atoms with E-state index in [1.165, 1.54) is 0 Å². The number of nitrogens with two attached hydrogens (primary N) is 1. The van der Waals surface area contributed by atoms with Crippen LogP contribution in [0.4, 0.5) is 0 Å². The number of aromatic nitrogens is 3. The van der Waals surface area contributed by atoms with Crippen LogP contribution in [0.5, 0.6) is 0 Å². The third-order valence-corrected chi connectivity index (χ3v) is 1.49. The van der Waals surface area contributed by atoms with Gasteiger partial charge in [-0.1, -0.05) is 6.92 Å². The van der Waals surface area contributed by atoms with Crippen LogP contribution in [0.3, 0.4) is 0 Å². The van der Waals surface area contributed by atoms with E-state index in [1.807, 2.05) is 6.92 Å². The summed E-state index contributed by atoms with van der Waals surface area (Å²) in [5, 5.41) is 9.53. The molecule has 6 heteroatoms. The van der Waals surface area contributed by atoms with Crippen molar-refractivity contribution in [3.8, 4) is 0 Å². The van der Waals surface area contributed by atoms with Crippen LogP contribution in [0.2, 0.25) is 0 Å². The Labute approximate surface area is 75.9 Å². The number of H-pyrrole nitrogens is 1. The summed E-state index contributed by atoms with van der Waals surface area (Å²) in [5.74, 6) is 1.12. The van der Waals surface area contributed by atoms with Crippen LogP contribution in [0.25, 0.3) is 0 Å². The topological polar surface area (TPSA) is 96.7 Å². The number of amides is 1. The summed E-state index contributed by atoms with van der Waals surface area (Å²) in [4.78, 5) is 14.5. The molecule has 6 nitrogen and oxygen atoms in total. The van der Waals surface area contributed by atoms with Crippen LogP contribution < -0.4 is 11.1 Å². The fourth-order valence-corrected chi connectivity index (χ4v) is 0.876. The Hall–Kier alpha value is -1.43. The molecule has 0 bridgehead atoms. The second kappa shape index (κ2) is 4.56. The first-order valence-electron chi connectivity index (χ1n) is 4.11. The van der Waals surface area contributed by atoms with Crippen LogP contribution in [0.15, 0.2) is 0 Å². The predicted molar refractivity (Wildman–Crippen MR) is 46.7 cm³/mol. The van der Waals surface area contributed by atoms with Gasteiger partial charge in [-0.3, -0.25) is 9.89 Å². The first-order valence-corrected chi connectivity index (χ1v) is 4.11. The molecular weight excluding hydrogens is 170 g/mol. The minimum Gasteiger partial charge on any atom is -0.369 e. The molecule has 13 heavy (non-hydrogen) atoms. The molecule has 0 aliphatic carbocycles. The van der Waals surface area contributed by atoms with Gasteiger partial charge in [0.25, 0.3) is 0 Å². The summed E-state index contributed by atoms with van der Waals surface area (Å²) >= 11 is 0. The smallest absolute Gasteiger partial charge is 0.231 e. The number of primary amides is 1. The van der Waals surface area contributed by atoms with Crippen molar-refractivity contribution in [1.29, 1.82) is 0 Å². The summed E-state index contributed by atoms with van der Waals surface area (Å²) in [7, 11) is 0. The SMILES string of the molecule is CCc1n[nH]c(CNCC(N)=O)n1. The van der Waals surface area contributed by atoms with Gasteiger partial charge in [0.05, 0.1) is 13.1 Å². The Bertz CT molecular complexity index is 282. The highest BCUT2D eigenvalue weighted by atomic mass is 16.1. The number of nitrogens with zero attached hydrogens (tertiary/aromatic N) is 2. The molecular formula is C7H13N5O. The van der Waals surface area contributed by atoms with Gasteiger partial charge >= 0.3 is 0 Å². The molecule has 1 aromatic rings. The Balaban J connectivity index is 2.32. The molecule has 0 aliphatic rings. The third-order valence-electron chi connectivity index (χ3n) is 1.49. The lowest BCUT2D eigenvalue weighted by molar-refractivity contribution is -0.117. The second-order valence-corrected chi connectivity index (χ2v) is 2.62. The van der Waals surface area contributed by atoms with Crippen molar-refractivity contribution in [3.05, 3.63) is 11.6 Å². The second-order valence-electron chi connectivity index (χ2n) is 2.62. The highest BCUT2D eigenvalue weighted by Gasteiger charge is 2.00. The number of aromatic amines is 1. The highest BCUT2D eigenvalue weighted by molar-refractivity contribution is 5.75. The minimum absolute atomic E-state index is 0.155. The molecule has 4 N–H and O–H groups in total. The van der Waals surface area contributed by atoms with Gasteiger partial charge in [-0.25, -0.2) is 4.98 Å². The van der Waals surface area contributed by atoms with Gasteiger partial charge in [-0.2, -0.15) is 5.10 Å². The summed E-state index contributed by atoms with van der Waals surface area (Å²) in [5.41, 5.74) is 4.94. The molecule has 0 spiro atoms. The van der Waals surface area contributed by atoms with E-state index in [-0.39, 0.29) is 12.5 Å².